The number of hydrogen-bond acceptors (Lipinski definition) is 2. The van der Waals surface area contributed by atoms with Crippen LogP contribution in [0.5, 0.6) is 0 Å². The monoisotopic (exact) mass is 364 g/mol. The molecule has 1 aromatic rings. The van der Waals surface area contributed by atoms with Crippen molar-refractivity contribution in [3.05, 3.63) is 35.9 Å². The Labute approximate surface area is 163 Å². The number of carbonyl (C=O) groups excluding carboxylic acids is 1. The van der Waals surface area contributed by atoms with Gasteiger partial charge < -0.3 is 4.90 Å². The summed E-state index contributed by atoms with van der Waals surface area (Å²) in [7, 11) is 0. The van der Waals surface area contributed by atoms with Crippen LogP contribution in [-0.2, 0) is 11.3 Å². The standard InChI is InChI=1S/C24H32N2O/c27-23(24-9-18-6-19(10-24)8-20(7-18)11-24)26-15-21-13-25(14-22(21)16-26)12-17-4-2-1-3-5-17/h1-5,18-22H,6-16H2/t18?,19?,20?,21-,22+,24?. The second-order valence-corrected chi connectivity index (χ2v) is 10.6. The molecule has 2 heterocycles. The molecule has 0 radical (unpaired) electrons. The van der Waals surface area contributed by atoms with Crippen molar-refractivity contribution in [2.24, 2.45) is 35.0 Å². The number of nitrogens with zero attached hydrogens (tertiary/aromatic N) is 2. The van der Waals surface area contributed by atoms with Crippen LogP contribution < -0.4 is 0 Å². The molecule has 1 aromatic carbocycles. The summed E-state index contributed by atoms with van der Waals surface area (Å²) >= 11 is 0. The zero-order chi connectivity index (χ0) is 18.0. The van der Waals surface area contributed by atoms with Crippen molar-refractivity contribution in [2.45, 2.75) is 45.1 Å². The zero-order valence-corrected chi connectivity index (χ0v) is 16.4. The van der Waals surface area contributed by atoms with Gasteiger partial charge in [-0.05, 0) is 73.7 Å². The molecule has 4 saturated carbocycles. The third kappa shape index (κ3) is 2.76. The molecule has 0 N–H and O–H groups in total. The van der Waals surface area contributed by atoms with Crippen LogP contribution in [0.4, 0.5) is 0 Å². The number of benzene rings is 1. The summed E-state index contributed by atoms with van der Waals surface area (Å²) < 4.78 is 0. The summed E-state index contributed by atoms with van der Waals surface area (Å²) in [6.07, 6.45) is 7.90. The van der Waals surface area contributed by atoms with Gasteiger partial charge in [0.15, 0.2) is 0 Å². The van der Waals surface area contributed by atoms with E-state index < -0.39 is 0 Å². The van der Waals surface area contributed by atoms with Gasteiger partial charge in [0.25, 0.3) is 0 Å². The van der Waals surface area contributed by atoms with Crippen LogP contribution in [0.1, 0.15) is 44.1 Å². The van der Waals surface area contributed by atoms with Crippen molar-refractivity contribution in [1.29, 1.82) is 0 Å². The van der Waals surface area contributed by atoms with Crippen LogP contribution >= 0.6 is 0 Å². The Morgan fingerprint density at radius 2 is 1.41 bits per heavy atom. The molecule has 0 aromatic heterocycles. The minimum Gasteiger partial charge on any atom is -0.342 e. The Bertz CT molecular complexity index is 680. The smallest absolute Gasteiger partial charge is 0.228 e. The molecule has 3 nitrogen and oxygen atoms in total. The van der Waals surface area contributed by atoms with E-state index >= 15 is 0 Å². The second-order valence-electron chi connectivity index (χ2n) is 10.6. The van der Waals surface area contributed by atoms with E-state index in [0.29, 0.717) is 17.7 Å². The van der Waals surface area contributed by atoms with E-state index in [1.807, 2.05) is 0 Å². The van der Waals surface area contributed by atoms with Gasteiger partial charge in [-0.2, -0.15) is 0 Å². The molecule has 2 saturated heterocycles. The first-order valence-corrected chi connectivity index (χ1v) is 11.2. The fraction of sp³-hybridized carbons (Fsp3) is 0.708. The molecule has 27 heavy (non-hydrogen) atoms. The first-order chi connectivity index (χ1) is 13.2. The Hall–Kier alpha value is -1.35. The van der Waals surface area contributed by atoms with Crippen LogP contribution in [-0.4, -0.2) is 41.9 Å². The molecule has 1 amide bonds. The SMILES string of the molecule is O=C(N1C[C@H]2CN(Cc3ccccc3)C[C@H]2C1)C12CC3CC(CC(C3)C1)C2. The second kappa shape index (κ2) is 6.07. The van der Waals surface area contributed by atoms with Crippen molar-refractivity contribution in [3.8, 4) is 0 Å². The lowest BCUT2D eigenvalue weighted by Crippen LogP contribution is -2.54. The van der Waals surface area contributed by atoms with Gasteiger partial charge in [-0.15, -0.1) is 0 Å². The predicted octanol–water partition coefficient (Wildman–Crippen LogP) is 3.79. The summed E-state index contributed by atoms with van der Waals surface area (Å²) in [5.41, 5.74) is 1.47. The van der Waals surface area contributed by atoms with Crippen LogP contribution in [0.15, 0.2) is 30.3 Å². The van der Waals surface area contributed by atoms with E-state index in [2.05, 4.69) is 40.1 Å². The van der Waals surface area contributed by atoms with Crippen molar-refractivity contribution < 1.29 is 4.79 Å². The minimum atomic E-state index is 0.0527. The number of rotatable bonds is 3. The van der Waals surface area contributed by atoms with E-state index in [4.69, 9.17) is 0 Å². The molecule has 4 aliphatic carbocycles. The molecular weight excluding hydrogens is 332 g/mol. The normalized spacial score (nSPS) is 42.7. The van der Waals surface area contributed by atoms with Crippen LogP contribution in [0.3, 0.4) is 0 Å². The average Bonchev–Trinajstić information content (AvgIpc) is 3.19. The number of likely N-dealkylation sites (tertiary alicyclic amines) is 2. The lowest BCUT2D eigenvalue weighted by atomic mass is 9.49. The Kier molecular flexibility index (Phi) is 3.73. The topological polar surface area (TPSA) is 23.6 Å². The molecule has 4 bridgehead atoms. The van der Waals surface area contributed by atoms with Crippen LogP contribution in [0.25, 0.3) is 0 Å². The molecule has 144 valence electrons. The Morgan fingerprint density at radius 1 is 0.852 bits per heavy atom. The van der Waals surface area contributed by atoms with Crippen molar-refractivity contribution in [2.75, 3.05) is 26.2 Å². The van der Waals surface area contributed by atoms with Gasteiger partial charge in [0.2, 0.25) is 5.91 Å². The van der Waals surface area contributed by atoms with Crippen molar-refractivity contribution >= 4 is 5.91 Å². The van der Waals surface area contributed by atoms with E-state index in [9.17, 15) is 4.79 Å². The molecule has 2 atom stereocenters. The third-order valence-corrected chi connectivity index (χ3v) is 8.59. The Balaban J connectivity index is 1.11. The highest BCUT2D eigenvalue weighted by Crippen LogP contribution is 2.60. The largest absolute Gasteiger partial charge is 0.342 e. The molecule has 6 fully saturated rings. The summed E-state index contributed by atoms with van der Waals surface area (Å²) in [6.45, 7) is 5.46. The van der Waals surface area contributed by atoms with Gasteiger partial charge in [0.05, 0.1) is 5.41 Å². The van der Waals surface area contributed by atoms with Crippen LogP contribution in [0.2, 0.25) is 0 Å². The lowest BCUT2D eigenvalue weighted by molar-refractivity contribution is -0.157. The van der Waals surface area contributed by atoms with E-state index in [0.717, 1.165) is 37.4 Å². The summed E-state index contributed by atoms with van der Waals surface area (Å²) in [6, 6.07) is 10.8. The quantitative estimate of drug-likeness (QED) is 0.815. The molecule has 6 aliphatic rings. The van der Waals surface area contributed by atoms with Crippen LogP contribution in [0, 0.1) is 35.0 Å². The molecule has 7 rings (SSSR count). The Morgan fingerprint density at radius 3 is 1.96 bits per heavy atom. The highest BCUT2D eigenvalue weighted by molar-refractivity contribution is 5.83. The number of carbonyl (C=O) groups is 1. The summed E-state index contributed by atoms with van der Waals surface area (Å²) in [4.78, 5) is 18.5. The average molecular weight is 365 g/mol. The summed E-state index contributed by atoms with van der Waals surface area (Å²) in [5.74, 6) is 4.56. The van der Waals surface area contributed by atoms with Crippen molar-refractivity contribution in [1.82, 2.24) is 9.80 Å². The van der Waals surface area contributed by atoms with E-state index in [-0.39, 0.29) is 5.41 Å². The van der Waals surface area contributed by atoms with Gasteiger partial charge in [0, 0.05) is 32.7 Å². The number of amides is 1. The van der Waals surface area contributed by atoms with Gasteiger partial charge in [-0.3, -0.25) is 9.69 Å². The zero-order valence-electron chi connectivity index (χ0n) is 16.4. The fourth-order valence-electron chi connectivity index (χ4n) is 7.93. The van der Waals surface area contributed by atoms with Gasteiger partial charge in [-0.25, -0.2) is 0 Å². The third-order valence-electron chi connectivity index (χ3n) is 8.59. The fourth-order valence-corrected chi connectivity index (χ4v) is 7.93. The molecule has 2 aliphatic heterocycles. The van der Waals surface area contributed by atoms with Crippen molar-refractivity contribution in [3.63, 3.8) is 0 Å². The first kappa shape index (κ1) is 16.6. The molecule has 0 unspecified atom stereocenters. The minimum absolute atomic E-state index is 0.0527. The molecule has 3 heteroatoms. The highest BCUT2D eigenvalue weighted by atomic mass is 16.2. The van der Waals surface area contributed by atoms with Gasteiger partial charge >= 0.3 is 0 Å². The number of hydrogen-bond donors (Lipinski definition) is 0. The molecule has 0 spiro atoms. The van der Waals surface area contributed by atoms with E-state index in [1.54, 1.807) is 0 Å². The maximum Gasteiger partial charge on any atom is 0.228 e. The maximum absolute atomic E-state index is 13.6. The lowest BCUT2D eigenvalue weighted by Gasteiger charge is -2.56. The van der Waals surface area contributed by atoms with Gasteiger partial charge in [-0.1, -0.05) is 30.3 Å². The van der Waals surface area contributed by atoms with Gasteiger partial charge in [0.1, 0.15) is 0 Å². The predicted molar refractivity (Wildman–Crippen MR) is 106 cm³/mol. The number of fused-ring (bicyclic) bond motifs is 1. The highest BCUT2D eigenvalue weighted by Gasteiger charge is 2.56. The maximum atomic E-state index is 13.6. The molecular formula is C24H32N2O. The summed E-state index contributed by atoms with van der Waals surface area (Å²) in [5, 5.41) is 0. The van der Waals surface area contributed by atoms with E-state index in [1.165, 1.54) is 57.2 Å². The first-order valence-electron chi connectivity index (χ1n) is 11.2.